The van der Waals surface area contributed by atoms with E-state index in [-0.39, 0.29) is 5.91 Å². The van der Waals surface area contributed by atoms with Gasteiger partial charge in [0.25, 0.3) is 0 Å². The van der Waals surface area contributed by atoms with Crippen molar-refractivity contribution in [1.82, 2.24) is 4.98 Å². The third-order valence-electron chi connectivity index (χ3n) is 3.88. The Morgan fingerprint density at radius 1 is 1.30 bits per heavy atom. The van der Waals surface area contributed by atoms with Gasteiger partial charge in [-0.3, -0.25) is 4.79 Å². The molecule has 1 aliphatic heterocycles. The van der Waals surface area contributed by atoms with Crippen LogP contribution in [0.25, 0.3) is 0 Å². The number of nitrogens with one attached hydrogen (secondary N) is 1. The van der Waals surface area contributed by atoms with Crippen molar-refractivity contribution < 1.29 is 4.79 Å². The van der Waals surface area contributed by atoms with E-state index in [1.54, 1.807) is 6.07 Å². The van der Waals surface area contributed by atoms with Gasteiger partial charge in [-0.1, -0.05) is 12.1 Å². The quantitative estimate of drug-likeness (QED) is 0.942. The Morgan fingerprint density at radius 2 is 2.09 bits per heavy atom. The topological polar surface area (TPSA) is 69.0 Å². The predicted molar refractivity (Wildman–Crippen MR) is 89.0 cm³/mol. The molecular formula is C18H18N4O. The second kappa shape index (κ2) is 6.49. The zero-order valence-electron chi connectivity index (χ0n) is 13.0. The average molecular weight is 306 g/mol. The van der Waals surface area contributed by atoms with Gasteiger partial charge in [0.05, 0.1) is 0 Å². The zero-order valence-corrected chi connectivity index (χ0v) is 13.0. The summed E-state index contributed by atoms with van der Waals surface area (Å²) in [5, 5.41) is 12.2. The van der Waals surface area contributed by atoms with Crippen LogP contribution in [0.3, 0.4) is 0 Å². The molecule has 116 valence electrons. The summed E-state index contributed by atoms with van der Waals surface area (Å²) in [7, 11) is 0. The number of anilines is 2. The number of nitriles is 1. The number of aromatic nitrogens is 1. The first-order valence-electron chi connectivity index (χ1n) is 7.68. The van der Waals surface area contributed by atoms with E-state index < -0.39 is 0 Å². The highest BCUT2D eigenvalue weighted by Crippen LogP contribution is 2.22. The molecule has 5 heteroatoms. The predicted octanol–water partition coefficient (Wildman–Crippen LogP) is 3.00. The lowest BCUT2D eigenvalue weighted by Gasteiger charge is -2.16. The minimum atomic E-state index is 0.198. The fourth-order valence-corrected chi connectivity index (χ4v) is 2.72. The van der Waals surface area contributed by atoms with Crippen molar-refractivity contribution in [2.45, 2.75) is 26.3 Å². The second-order valence-electron chi connectivity index (χ2n) is 5.70. The highest BCUT2D eigenvalue weighted by Gasteiger charge is 2.21. The van der Waals surface area contributed by atoms with E-state index in [2.05, 4.69) is 16.4 Å². The van der Waals surface area contributed by atoms with Crippen molar-refractivity contribution >= 4 is 17.4 Å². The van der Waals surface area contributed by atoms with Crippen LogP contribution >= 0.6 is 0 Å². The fraction of sp³-hybridized carbons (Fsp3) is 0.278. The van der Waals surface area contributed by atoms with E-state index in [9.17, 15) is 4.79 Å². The van der Waals surface area contributed by atoms with Crippen LogP contribution < -0.4 is 10.2 Å². The van der Waals surface area contributed by atoms with Gasteiger partial charge in [-0.15, -0.1) is 0 Å². The number of benzene rings is 1. The molecule has 1 aromatic heterocycles. The fourth-order valence-electron chi connectivity index (χ4n) is 2.72. The molecule has 2 heterocycles. The lowest BCUT2D eigenvalue weighted by molar-refractivity contribution is -0.117. The van der Waals surface area contributed by atoms with Gasteiger partial charge in [0, 0.05) is 25.2 Å². The Hall–Kier alpha value is -2.87. The molecule has 0 bridgehead atoms. The van der Waals surface area contributed by atoms with Gasteiger partial charge in [-0.05, 0) is 48.7 Å². The van der Waals surface area contributed by atoms with E-state index in [0.717, 1.165) is 29.8 Å². The monoisotopic (exact) mass is 306 g/mol. The zero-order chi connectivity index (χ0) is 16.2. The molecule has 0 aliphatic carbocycles. The minimum Gasteiger partial charge on any atom is -0.366 e. The maximum atomic E-state index is 11.7. The summed E-state index contributed by atoms with van der Waals surface area (Å²) in [5.41, 5.74) is 3.47. The number of amides is 1. The van der Waals surface area contributed by atoms with Crippen molar-refractivity contribution in [3.8, 4) is 6.07 Å². The first kappa shape index (κ1) is 15.0. The van der Waals surface area contributed by atoms with Gasteiger partial charge >= 0.3 is 0 Å². The number of carbonyl (C=O) groups excluding carboxylic acids is 1. The molecule has 0 radical (unpaired) electrons. The molecule has 5 nitrogen and oxygen atoms in total. The van der Waals surface area contributed by atoms with Crippen LogP contribution in [0.15, 0.2) is 36.4 Å². The molecule has 2 aromatic rings. The third-order valence-corrected chi connectivity index (χ3v) is 3.88. The van der Waals surface area contributed by atoms with Gasteiger partial charge in [-0.25, -0.2) is 4.98 Å². The normalized spacial score (nSPS) is 13.9. The third kappa shape index (κ3) is 3.49. The van der Waals surface area contributed by atoms with E-state index in [1.165, 1.54) is 0 Å². The smallest absolute Gasteiger partial charge is 0.227 e. The Balaban J connectivity index is 1.66. The number of nitrogens with zero attached hydrogens (tertiary/aromatic N) is 3. The van der Waals surface area contributed by atoms with Crippen molar-refractivity contribution in [2.24, 2.45) is 0 Å². The van der Waals surface area contributed by atoms with E-state index in [1.807, 2.05) is 42.2 Å². The van der Waals surface area contributed by atoms with Crippen LogP contribution in [0.2, 0.25) is 0 Å². The van der Waals surface area contributed by atoms with Crippen molar-refractivity contribution in [1.29, 1.82) is 5.26 Å². The summed E-state index contributed by atoms with van der Waals surface area (Å²) in [6.45, 7) is 3.37. The first-order valence-corrected chi connectivity index (χ1v) is 7.68. The van der Waals surface area contributed by atoms with Crippen LogP contribution in [0.4, 0.5) is 11.5 Å². The molecule has 1 N–H and O–H groups in total. The molecule has 23 heavy (non-hydrogen) atoms. The number of carbonyl (C=O) groups is 1. The van der Waals surface area contributed by atoms with E-state index >= 15 is 0 Å². The Morgan fingerprint density at radius 3 is 2.74 bits per heavy atom. The molecule has 0 unspecified atom stereocenters. The van der Waals surface area contributed by atoms with E-state index in [0.29, 0.717) is 24.5 Å². The van der Waals surface area contributed by atoms with Crippen LogP contribution in [-0.2, 0) is 11.3 Å². The lowest BCUT2D eigenvalue weighted by Crippen LogP contribution is -2.23. The number of hydrogen-bond acceptors (Lipinski definition) is 4. The summed E-state index contributed by atoms with van der Waals surface area (Å²) in [5.74, 6) is 0.893. The highest BCUT2D eigenvalue weighted by atomic mass is 16.2. The molecule has 0 atom stereocenters. The molecule has 1 aliphatic rings. The van der Waals surface area contributed by atoms with Crippen molar-refractivity contribution in [3.05, 3.63) is 53.2 Å². The SMILES string of the molecule is Cc1cc(C#N)nc(NCc2ccc(N3CCCC3=O)cc2)c1. The van der Waals surface area contributed by atoms with Gasteiger partial charge < -0.3 is 10.2 Å². The summed E-state index contributed by atoms with van der Waals surface area (Å²) >= 11 is 0. The summed E-state index contributed by atoms with van der Waals surface area (Å²) in [6.07, 6.45) is 1.58. The molecule has 3 rings (SSSR count). The maximum Gasteiger partial charge on any atom is 0.227 e. The van der Waals surface area contributed by atoms with Gasteiger partial charge in [0.1, 0.15) is 17.6 Å². The summed E-state index contributed by atoms with van der Waals surface area (Å²) < 4.78 is 0. The van der Waals surface area contributed by atoms with Crippen molar-refractivity contribution in [2.75, 3.05) is 16.8 Å². The van der Waals surface area contributed by atoms with Crippen LogP contribution in [-0.4, -0.2) is 17.4 Å². The molecule has 1 amide bonds. The molecule has 1 saturated heterocycles. The number of rotatable bonds is 4. The number of pyridine rings is 1. The van der Waals surface area contributed by atoms with Gasteiger partial charge in [-0.2, -0.15) is 5.26 Å². The van der Waals surface area contributed by atoms with E-state index in [4.69, 9.17) is 5.26 Å². The standard InChI is InChI=1S/C18H18N4O/c1-13-9-15(11-19)21-17(10-13)20-12-14-4-6-16(7-5-14)22-8-2-3-18(22)23/h4-7,9-10H,2-3,8,12H2,1H3,(H,20,21). The van der Waals surface area contributed by atoms with Crippen LogP contribution in [0, 0.1) is 18.3 Å². The Kier molecular flexibility index (Phi) is 4.24. The summed E-state index contributed by atoms with van der Waals surface area (Å²) in [6, 6.07) is 13.7. The molecule has 1 aromatic carbocycles. The van der Waals surface area contributed by atoms with Gasteiger partial charge in [0.15, 0.2) is 0 Å². The molecular weight excluding hydrogens is 288 g/mol. The van der Waals surface area contributed by atoms with Gasteiger partial charge in [0.2, 0.25) is 5.91 Å². The average Bonchev–Trinajstić information content (AvgIpc) is 2.99. The first-order chi connectivity index (χ1) is 11.2. The molecule has 1 fully saturated rings. The maximum absolute atomic E-state index is 11.7. The van der Waals surface area contributed by atoms with Crippen LogP contribution in [0.1, 0.15) is 29.7 Å². The second-order valence-corrected chi connectivity index (χ2v) is 5.70. The summed E-state index contributed by atoms with van der Waals surface area (Å²) in [4.78, 5) is 17.8. The highest BCUT2D eigenvalue weighted by molar-refractivity contribution is 5.95. The lowest BCUT2D eigenvalue weighted by atomic mass is 10.2. The Bertz CT molecular complexity index is 762. The minimum absolute atomic E-state index is 0.198. The number of aryl methyl sites for hydroxylation is 1. The Labute approximate surface area is 135 Å². The van der Waals surface area contributed by atoms with Crippen LogP contribution in [0.5, 0.6) is 0 Å². The largest absolute Gasteiger partial charge is 0.366 e. The van der Waals surface area contributed by atoms with Crippen molar-refractivity contribution in [3.63, 3.8) is 0 Å². The molecule has 0 spiro atoms. The molecule has 0 saturated carbocycles. The number of hydrogen-bond donors (Lipinski definition) is 1.